The highest BCUT2D eigenvalue weighted by molar-refractivity contribution is 6.04. The van der Waals surface area contributed by atoms with Crippen LogP contribution in [-0.2, 0) is 4.79 Å². The molecule has 0 spiro atoms. The summed E-state index contributed by atoms with van der Waals surface area (Å²) in [6, 6.07) is 5.31. The van der Waals surface area contributed by atoms with Gasteiger partial charge in [0, 0.05) is 31.4 Å². The molecule has 0 aliphatic carbocycles. The van der Waals surface area contributed by atoms with Crippen LogP contribution in [0.15, 0.2) is 18.2 Å². The monoisotopic (exact) mass is 263 g/mol. The Morgan fingerprint density at radius 1 is 1.42 bits per heavy atom. The zero-order valence-electron chi connectivity index (χ0n) is 11.5. The zero-order chi connectivity index (χ0) is 14.0. The van der Waals surface area contributed by atoms with Gasteiger partial charge in [-0.2, -0.15) is 0 Å². The second kappa shape index (κ2) is 5.59. The van der Waals surface area contributed by atoms with Gasteiger partial charge in [0.1, 0.15) is 6.04 Å². The van der Waals surface area contributed by atoms with Crippen LogP contribution in [0.2, 0.25) is 0 Å². The van der Waals surface area contributed by atoms with Gasteiger partial charge in [-0.3, -0.25) is 4.79 Å². The Bertz CT molecular complexity index is 470. The number of fused-ring (bicyclic) bond motifs is 1. The molecule has 1 unspecified atom stereocenters. The number of aliphatic hydroxyl groups is 1. The Kier molecular flexibility index (Phi) is 4.07. The topological polar surface area (TPSA) is 69.8 Å². The Balaban J connectivity index is 2.33. The lowest BCUT2D eigenvalue weighted by molar-refractivity contribution is -0.118. The summed E-state index contributed by atoms with van der Waals surface area (Å²) in [5.74, 6) is -0.0728. The van der Waals surface area contributed by atoms with E-state index in [0.717, 1.165) is 29.9 Å². The first-order valence-electron chi connectivity index (χ1n) is 6.63. The lowest BCUT2D eigenvalue weighted by Crippen LogP contribution is -2.28. The standard InChI is InChI=1S/C14H21N3O2/c1-3-6-17(7-8-18)10-4-5-11-12(9-10)16(2)14(19)13(11)15/h4-5,9,13,18H,3,6-8,15H2,1-2H3. The second-order valence-electron chi connectivity index (χ2n) is 4.83. The van der Waals surface area contributed by atoms with Crippen molar-refractivity contribution in [2.24, 2.45) is 5.73 Å². The summed E-state index contributed by atoms with van der Waals surface area (Å²) in [4.78, 5) is 15.6. The Morgan fingerprint density at radius 2 is 2.16 bits per heavy atom. The minimum Gasteiger partial charge on any atom is -0.395 e. The predicted octanol–water partition coefficient (Wildman–Crippen LogP) is 0.872. The van der Waals surface area contributed by atoms with E-state index in [1.54, 1.807) is 11.9 Å². The molecule has 104 valence electrons. The van der Waals surface area contributed by atoms with E-state index in [1.165, 1.54) is 0 Å². The molecule has 0 fully saturated rings. The first-order chi connectivity index (χ1) is 9.10. The summed E-state index contributed by atoms with van der Waals surface area (Å²) in [6.45, 7) is 3.69. The van der Waals surface area contributed by atoms with Gasteiger partial charge in [-0.1, -0.05) is 13.0 Å². The highest BCUT2D eigenvalue weighted by atomic mass is 16.3. The fourth-order valence-electron chi connectivity index (χ4n) is 2.50. The van der Waals surface area contributed by atoms with E-state index in [0.29, 0.717) is 6.54 Å². The van der Waals surface area contributed by atoms with E-state index in [2.05, 4.69) is 11.8 Å². The average Bonchev–Trinajstić information content (AvgIpc) is 2.63. The third kappa shape index (κ3) is 2.43. The predicted molar refractivity (Wildman–Crippen MR) is 76.4 cm³/mol. The Morgan fingerprint density at radius 3 is 2.79 bits per heavy atom. The molecular weight excluding hydrogens is 242 g/mol. The fraction of sp³-hybridized carbons (Fsp3) is 0.500. The van der Waals surface area contributed by atoms with Gasteiger partial charge in [0.2, 0.25) is 5.91 Å². The number of likely N-dealkylation sites (N-methyl/N-ethyl adjacent to an activating group) is 1. The summed E-state index contributed by atoms with van der Waals surface area (Å²) in [7, 11) is 1.74. The number of carbonyl (C=O) groups excluding carboxylic acids is 1. The average molecular weight is 263 g/mol. The first kappa shape index (κ1) is 13.8. The lowest BCUT2D eigenvalue weighted by Gasteiger charge is -2.24. The number of aliphatic hydroxyl groups excluding tert-OH is 1. The number of nitrogens with zero attached hydrogens (tertiary/aromatic N) is 2. The smallest absolute Gasteiger partial charge is 0.248 e. The molecule has 5 heteroatoms. The minimum atomic E-state index is -0.550. The van der Waals surface area contributed by atoms with E-state index in [1.807, 2.05) is 18.2 Å². The highest BCUT2D eigenvalue weighted by Gasteiger charge is 2.32. The lowest BCUT2D eigenvalue weighted by atomic mass is 10.1. The van der Waals surface area contributed by atoms with Crippen molar-refractivity contribution in [3.8, 4) is 0 Å². The maximum Gasteiger partial charge on any atom is 0.248 e. The SMILES string of the molecule is CCCN(CCO)c1ccc2c(c1)N(C)C(=O)C2N. The van der Waals surface area contributed by atoms with Crippen molar-refractivity contribution < 1.29 is 9.90 Å². The van der Waals surface area contributed by atoms with E-state index in [9.17, 15) is 4.79 Å². The first-order valence-corrected chi connectivity index (χ1v) is 6.63. The molecule has 1 aromatic rings. The molecule has 0 aromatic heterocycles. The van der Waals surface area contributed by atoms with Crippen LogP contribution in [0.5, 0.6) is 0 Å². The molecular formula is C14H21N3O2. The summed E-state index contributed by atoms with van der Waals surface area (Å²) in [5, 5.41) is 9.13. The maximum absolute atomic E-state index is 11.8. The molecule has 0 saturated heterocycles. The van der Waals surface area contributed by atoms with Gasteiger partial charge >= 0.3 is 0 Å². The van der Waals surface area contributed by atoms with Crippen LogP contribution < -0.4 is 15.5 Å². The van der Waals surface area contributed by atoms with Crippen LogP contribution in [-0.4, -0.2) is 37.8 Å². The van der Waals surface area contributed by atoms with Crippen molar-refractivity contribution in [3.63, 3.8) is 0 Å². The molecule has 3 N–H and O–H groups in total. The molecule has 0 saturated carbocycles. The number of nitrogens with two attached hydrogens (primary N) is 1. The van der Waals surface area contributed by atoms with Crippen LogP contribution in [0.1, 0.15) is 24.9 Å². The number of anilines is 2. The third-order valence-corrected chi connectivity index (χ3v) is 3.54. The van der Waals surface area contributed by atoms with Crippen molar-refractivity contribution in [2.45, 2.75) is 19.4 Å². The maximum atomic E-state index is 11.8. The summed E-state index contributed by atoms with van der Waals surface area (Å²) >= 11 is 0. The Labute approximate surface area is 113 Å². The third-order valence-electron chi connectivity index (χ3n) is 3.54. The van der Waals surface area contributed by atoms with Crippen LogP contribution in [0.4, 0.5) is 11.4 Å². The molecule has 1 atom stereocenters. The fourth-order valence-corrected chi connectivity index (χ4v) is 2.50. The molecule has 1 aromatic carbocycles. The molecule has 19 heavy (non-hydrogen) atoms. The summed E-state index contributed by atoms with van der Waals surface area (Å²) < 4.78 is 0. The van der Waals surface area contributed by atoms with Gasteiger partial charge < -0.3 is 20.6 Å². The molecule has 5 nitrogen and oxygen atoms in total. The molecule has 2 rings (SSSR count). The number of hydrogen-bond acceptors (Lipinski definition) is 4. The summed E-state index contributed by atoms with van der Waals surface area (Å²) in [6.07, 6.45) is 1.01. The molecule has 0 radical (unpaired) electrons. The summed E-state index contributed by atoms with van der Waals surface area (Å²) in [5.41, 5.74) is 8.64. The van der Waals surface area contributed by atoms with E-state index in [-0.39, 0.29) is 12.5 Å². The van der Waals surface area contributed by atoms with Gasteiger partial charge in [-0.25, -0.2) is 0 Å². The quantitative estimate of drug-likeness (QED) is 0.827. The second-order valence-corrected chi connectivity index (χ2v) is 4.83. The number of benzene rings is 1. The van der Waals surface area contributed by atoms with Crippen LogP contribution in [0, 0.1) is 0 Å². The van der Waals surface area contributed by atoms with Gasteiger partial charge in [0.25, 0.3) is 0 Å². The number of amides is 1. The van der Waals surface area contributed by atoms with E-state index in [4.69, 9.17) is 10.8 Å². The van der Waals surface area contributed by atoms with Crippen molar-refractivity contribution in [2.75, 3.05) is 36.5 Å². The van der Waals surface area contributed by atoms with Crippen molar-refractivity contribution in [1.29, 1.82) is 0 Å². The van der Waals surface area contributed by atoms with Gasteiger partial charge in [0.05, 0.1) is 12.3 Å². The Hall–Kier alpha value is -1.59. The molecule has 1 aliphatic rings. The van der Waals surface area contributed by atoms with Crippen LogP contribution in [0.3, 0.4) is 0 Å². The van der Waals surface area contributed by atoms with Crippen LogP contribution >= 0.6 is 0 Å². The highest BCUT2D eigenvalue weighted by Crippen LogP contribution is 2.36. The van der Waals surface area contributed by atoms with Gasteiger partial charge in [-0.15, -0.1) is 0 Å². The molecule has 1 heterocycles. The number of carbonyl (C=O) groups is 1. The largest absolute Gasteiger partial charge is 0.395 e. The van der Waals surface area contributed by atoms with Crippen LogP contribution in [0.25, 0.3) is 0 Å². The van der Waals surface area contributed by atoms with Crippen molar-refractivity contribution in [3.05, 3.63) is 23.8 Å². The van der Waals surface area contributed by atoms with Gasteiger partial charge in [-0.05, 0) is 18.6 Å². The molecule has 1 amide bonds. The molecule has 0 bridgehead atoms. The number of rotatable bonds is 5. The van der Waals surface area contributed by atoms with E-state index < -0.39 is 6.04 Å². The zero-order valence-corrected chi connectivity index (χ0v) is 11.5. The van der Waals surface area contributed by atoms with Crippen molar-refractivity contribution >= 4 is 17.3 Å². The van der Waals surface area contributed by atoms with Crippen molar-refractivity contribution in [1.82, 2.24) is 0 Å². The number of hydrogen-bond donors (Lipinski definition) is 2. The molecule has 1 aliphatic heterocycles. The minimum absolute atomic E-state index is 0.0728. The van der Waals surface area contributed by atoms with E-state index >= 15 is 0 Å². The normalized spacial score (nSPS) is 17.8. The van der Waals surface area contributed by atoms with Gasteiger partial charge in [0.15, 0.2) is 0 Å².